The molecule has 1 aromatic rings. The molecule has 1 atom stereocenters. The van der Waals surface area contributed by atoms with Crippen LogP contribution in [0.2, 0.25) is 0 Å². The molecular formula is C12H12BrNO4. The second-order valence-corrected chi connectivity index (χ2v) is 4.87. The second-order valence-electron chi connectivity index (χ2n) is 4.02. The number of esters is 1. The Bertz CT molecular complexity index is 503. The van der Waals surface area contributed by atoms with Crippen LogP contribution >= 0.6 is 15.9 Å². The van der Waals surface area contributed by atoms with Crippen molar-refractivity contribution in [3.05, 3.63) is 28.2 Å². The van der Waals surface area contributed by atoms with E-state index < -0.39 is 12.1 Å². The number of ether oxygens (including phenoxy) is 1. The van der Waals surface area contributed by atoms with Gasteiger partial charge in [0.25, 0.3) is 0 Å². The summed E-state index contributed by atoms with van der Waals surface area (Å²) in [6.45, 7) is 0.281. The number of hydrogen-bond acceptors (Lipinski definition) is 4. The normalized spacial score (nSPS) is 19.2. The number of rotatable bonds is 2. The summed E-state index contributed by atoms with van der Waals surface area (Å²) in [5, 5.41) is 9.43. The van der Waals surface area contributed by atoms with Crippen LogP contribution in [0.4, 0.5) is 5.69 Å². The van der Waals surface area contributed by atoms with E-state index in [1.165, 1.54) is 12.0 Å². The minimum Gasteiger partial charge on any atom is -0.465 e. The summed E-state index contributed by atoms with van der Waals surface area (Å²) in [7, 11) is 1.31. The predicted molar refractivity (Wildman–Crippen MR) is 68.5 cm³/mol. The van der Waals surface area contributed by atoms with E-state index in [0.717, 1.165) is 0 Å². The van der Waals surface area contributed by atoms with Crippen molar-refractivity contribution in [1.82, 2.24) is 0 Å². The predicted octanol–water partition coefficient (Wildman–Crippen LogP) is 1.33. The van der Waals surface area contributed by atoms with Gasteiger partial charge in [-0.2, -0.15) is 0 Å². The lowest BCUT2D eigenvalue weighted by molar-refractivity contribution is -0.117. The Labute approximate surface area is 112 Å². The van der Waals surface area contributed by atoms with E-state index in [0.29, 0.717) is 15.7 Å². The lowest BCUT2D eigenvalue weighted by Crippen LogP contribution is -2.25. The highest BCUT2D eigenvalue weighted by Crippen LogP contribution is 2.27. The quantitative estimate of drug-likeness (QED) is 0.837. The van der Waals surface area contributed by atoms with E-state index in [9.17, 15) is 14.7 Å². The molecule has 1 fully saturated rings. The van der Waals surface area contributed by atoms with Crippen LogP contribution in [0.25, 0.3) is 0 Å². The molecule has 0 bridgehead atoms. The molecule has 1 amide bonds. The van der Waals surface area contributed by atoms with Crippen molar-refractivity contribution < 1.29 is 19.4 Å². The van der Waals surface area contributed by atoms with Crippen LogP contribution in [0, 0.1) is 0 Å². The van der Waals surface area contributed by atoms with Crippen LogP contribution in [-0.4, -0.2) is 36.7 Å². The Morgan fingerprint density at radius 2 is 2.28 bits per heavy atom. The molecule has 0 saturated carbocycles. The van der Waals surface area contributed by atoms with Crippen LogP contribution in [0.5, 0.6) is 0 Å². The molecule has 18 heavy (non-hydrogen) atoms. The fourth-order valence-corrected chi connectivity index (χ4v) is 2.41. The summed E-state index contributed by atoms with van der Waals surface area (Å²) < 4.78 is 5.19. The molecule has 0 spiro atoms. The van der Waals surface area contributed by atoms with E-state index in [4.69, 9.17) is 0 Å². The lowest BCUT2D eigenvalue weighted by Gasteiger charge is -2.16. The molecule has 1 unspecified atom stereocenters. The number of carbonyl (C=O) groups excluding carboxylic acids is 2. The van der Waals surface area contributed by atoms with Gasteiger partial charge in [0.1, 0.15) is 0 Å². The number of halogens is 1. The van der Waals surface area contributed by atoms with Crippen molar-refractivity contribution in [3.8, 4) is 0 Å². The van der Waals surface area contributed by atoms with Gasteiger partial charge in [0, 0.05) is 10.2 Å². The van der Waals surface area contributed by atoms with Crippen LogP contribution in [0.1, 0.15) is 16.8 Å². The average molecular weight is 314 g/mol. The zero-order chi connectivity index (χ0) is 13.3. The molecule has 1 heterocycles. The van der Waals surface area contributed by atoms with E-state index in [1.54, 1.807) is 18.2 Å². The highest BCUT2D eigenvalue weighted by atomic mass is 79.9. The molecule has 2 rings (SSSR count). The smallest absolute Gasteiger partial charge is 0.339 e. The molecule has 5 nitrogen and oxygen atoms in total. The number of aliphatic hydroxyl groups excluding tert-OH is 1. The fraction of sp³-hybridized carbons (Fsp3) is 0.333. The summed E-state index contributed by atoms with van der Waals surface area (Å²) in [6, 6.07) is 4.92. The molecule has 96 valence electrons. The zero-order valence-corrected chi connectivity index (χ0v) is 11.3. The summed E-state index contributed by atoms with van der Waals surface area (Å²) in [6.07, 6.45) is -0.493. The highest BCUT2D eigenvalue weighted by molar-refractivity contribution is 9.10. The third kappa shape index (κ3) is 2.39. The maximum Gasteiger partial charge on any atom is 0.339 e. The third-order valence-electron chi connectivity index (χ3n) is 2.77. The standard InChI is InChI=1S/C12H12BrNO4/c1-18-12(17)9-3-2-7(4-10(9)13)14-6-8(15)5-11(14)16/h2-4,8,15H,5-6H2,1H3. The van der Waals surface area contributed by atoms with E-state index in [-0.39, 0.29) is 18.9 Å². The zero-order valence-electron chi connectivity index (χ0n) is 9.72. The minimum absolute atomic E-state index is 0.125. The van der Waals surface area contributed by atoms with E-state index in [1.807, 2.05) is 0 Å². The lowest BCUT2D eigenvalue weighted by atomic mass is 10.2. The van der Waals surface area contributed by atoms with Gasteiger partial charge in [-0.25, -0.2) is 4.79 Å². The Morgan fingerprint density at radius 1 is 1.56 bits per heavy atom. The molecule has 1 saturated heterocycles. The maximum absolute atomic E-state index is 11.6. The summed E-state index contributed by atoms with van der Waals surface area (Å²) in [5.41, 5.74) is 1.05. The molecule has 0 aliphatic carbocycles. The molecule has 0 radical (unpaired) electrons. The molecule has 1 aliphatic rings. The first-order valence-electron chi connectivity index (χ1n) is 5.39. The minimum atomic E-state index is -0.628. The number of anilines is 1. The number of nitrogens with zero attached hydrogens (tertiary/aromatic N) is 1. The first kappa shape index (κ1) is 13.0. The molecule has 0 aromatic heterocycles. The molecule has 6 heteroatoms. The van der Waals surface area contributed by atoms with Gasteiger partial charge in [0.2, 0.25) is 5.91 Å². The van der Waals surface area contributed by atoms with Crippen LogP contribution in [0.15, 0.2) is 22.7 Å². The summed E-state index contributed by atoms with van der Waals surface area (Å²) >= 11 is 3.27. The van der Waals surface area contributed by atoms with E-state index >= 15 is 0 Å². The fourth-order valence-electron chi connectivity index (χ4n) is 1.89. The molecule has 1 aromatic carbocycles. The van der Waals surface area contributed by atoms with Crippen molar-refractivity contribution in [1.29, 1.82) is 0 Å². The Kier molecular flexibility index (Phi) is 3.68. The highest BCUT2D eigenvalue weighted by Gasteiger charge is 2.29. The van der Waals surface area contributed by atoms with Crippen LogP contribution < -0.4 is 4.90 Å². The van der Waals surface area contributed by atoms with Crippen molar-refractivity contribution in [2.75, 3.05) is 18.6 Å². The second kappa shape index (κ2) is 5.07. The number of methoxy groups -OCH3 is 1. The van der Waals surface area contributed by atoms with Crippen molar-refractivity contribution >= 4 is 33.5 Å². The first-order valence-corrected chi connectivity index (χ1v) is 6.18. The van der Waals surface area contributed by atoms with Gasteiger partial charge < -0.3 is 14.7 Å². The summed E-state index contributed by atoms with van der Waals surface area (Å²) in [5.74, 6) is -0.568. The molecule has 1 N–H and O–H groups in total. The van der Waals surface area contributed by atoms with Gasteiger partial charge in [-0.05, 0) is 34.1 Å². The van der Waals surface area contributed by atoms with Crippen molar-refractivity contribution in [3.63, 3.8) is 0 Å². The Hall–Kier alpha value is -1.40. The Morgan fingerprint density at radius 3 is 2.78 bits per heavy atom. The average Bonchev–Trinajstić information content (AvgIpc) is 2.67. The monoisotopic (exact) mass is 313 g/mol. The van der Waals surface area contributed by atoms with Gasteiger partial charge in [0.15, 0.2) is 0 Å². The molecule has 1 aliphatic heterocycles. The topological polar surface area (TPSA) is 66.8 Å². The number of hydrogen-bond donors (Lipinski definition) is 1. The first-order chi connectivity index (χ1) is 8.52. The summed E-state index contributed by atoms with van der Waals surface area (Å²) in [4.78, 5) is 24.5. The van der Waals surface area contributed by atoms with Gasteiger partial charge >= 0.3 is 5.97 Å². The maximum atomic E-state index is 11.6. The van der Waals surface area contributed by atoms with Crippen molar-refractivity contribution in [2.24, 2.45) is 0 Å². The van der Waals surface area contributed by atoms with Crippen LogP contribution in [0.3, 0.4) is 0 Å². The number of aliphatic hydroxyl groups is 1. The van der Waals surface area contributed by atoms with Gasteiger partial charge in [0.05, 0.1) is 31.7 Å². The number of amides is 1. The number of carbonyl (C=O) groups is 2. The van der Waals surface area contributed by atoms with Gasteiger partial charge in [-0.1, -0.05) is 0 Å². The van der Waals surface area contributed by atoms with Gasteiger partial charge in [-0.3, -0.25) is 4.79 Å². The van der Waals surface area contributed by atoms with Crippen molar-refractivity contribution in [2.45, 2.75) is 12.5 Å². The Balaban J connectivity index is 2.29. The van der Waals surface area contributed by atoms with Crippen LogP contribution in [-0.2, 0) is 9.53 Å². The van der Waals surface area contributed by atoms with E-state index in [2.05, 4.69) is 20.7 Å². The van der Waals surface area contributed by atoms with Gasteiger partial charge in [-0.15, -0.1) is 0 Å². The number of benzene rings is 1. The molecular weight excluding hydrogens is 302 g/mol. The SMILES string of the molecule is COC(=O)c1ccc(N2CC(O)CC2=O)cc1Br. The third-order valence-corrected chi connectivity index (χ3v) is 3.43. The number of β-amino-alcohol motifs (C(OH)–C–C–N with tert-alkyl or cyclic N) is 1. The largest absolute Gasteiger partial charge is 0.465 e.